The maximum atomic E-state index is 12.9. The fourth-order valence-corrected chi connectivity index (χ4v) is 5.35. The van der Waals surface area contributed by atoms with Crippen molar-refractivity contribution in [3.8, 4) is 12.1 Å². The first-order chi connectivity index (χ1) is 19.0. The number of piperazine rings is 1. The van der Waals surface area contributed by atoms with Gasteiger partial charge in [0.2, 0.25) is 0 Å². The average Bonchev–Trinajstić information content (AvgIpc) is 2.87. The van der Waals surface area contributed by atoms with Gasteiger partial charge in [-0.3, -0.25) is 4.90 Å². The number of aromatic nitrogens is 2. The van der Waals surface area contributed by atoms with Crippen LogP contribution in [0.15, 0.2) is 30.3 Å². The smallest absolute Gasteiger partial charge is 0.410 e. The number of ether oxygens (including phenoxy) is 2. The first kappa shape index (κ1) is 29.6. The van der Waals surface area contributed by atoms with Crippen LogP contribution < -0.4 is 9.64 Å². The lowest BCUT2D eigenvalue weighted by atomic mass is 10.0. The fourth-order valence-electron chi connectivity index (χ4n) is 5.35. The second-order valence-electron chi connectivity index (χ2n) is 12.0. The highest BCUT2D eigenvalue weighted by Gasteiger charge is 2.36. The molecule has 216 valence electrons. The molecule has 1 saturated heterocycles. The molecule has 2 aliphatic rings. The van der Waals surface area contributed by atoms with Gasteiger partial charge >= 0.3 is 12.1 Å². The zero-order valence-corrected chi connectivity index (χ0v) is 24.8. The van der Waals surface area contributed by atoms with Crippen LogP contribution in [0.2, 0.25) is 0 Å². The van der Waals surface area contributed by atoms with Gasteiger partial charge in [-0.05, 0) is 53.8 Å². The van der Waals surface area contributed by atoms with E-state index in [1.54, 1.807) is 4.90 Å². The molecule has 1 amide bonds. The van der Waals surface area contributed by atoms with Crippen LogP contribution in [0.25, 0.3) is 0 Å². The van der Waals surface area contributed by atoms with E-state index in [0.29, 0.717) is 32.2 Å². The lowest BCUT2D eigenvalue weighted by Crippen LogP contribution is -2.56. The summed E-state index contributed by atoms with van der Waals surface area (Å²) >= 11 is 0. The summed E-state index contributed by atoms with van der Waals surface area (Å²) in [6, 6.07) is 12.8. The SMILES string of the molecule is CC(CN(C)C)Oc1nc2c(c(N3CCN(C(=O)OC(C)(C)C)C(CC#N)C3)n1)CCN(Cc1ccccc1)C2. The Balaban J connectivity index is 1.60. The van der Waals surface area contributed by atoms with Crippen molar-refractivity contribution in [3.63, 3.8) is 0 Å². The van der Waals surface area contributed by atoms with Crippen LogP contribution in [0.5, 0.6) is 6.01 Å². The van der Waals surface area contributed by atoms with Crippen LogP contribution in [-0.4, -0.2) is 95.3 Å². The van der Waals surface area contributed by atoms with Gasteiger partial charge in [-0.25, -0.2) is 4.79 Å². The van der Waals surface area contributed by atoms with Crippen LogP contribution in [0.1, 0.15) is 50.9 Å². The second-order valence-corrected chi connectivity index (χ2v) is 12.0. The Bertz CT molecular complexity index is 1190. The molecule has 40 heavy (non-hydrogen) atoms. The molecule has 0 radical (unpaired) electrons. The van der Waals surface area contributed by atoms with Crippen LogP contribution in [-0.2, 0) is 24.2 Å². The minimum Gasteiger partial charge on any atom is -0.459 e. The molecule has 2 atom stereocenters. The van der Waals surface area contributed by atoms with Gasteiger partial charge in [0.05, 0.1) is 24.2 Å². The molecule has 10 nitrogen and oxygen atoms in total. The number of nitriles is 1. The molecule has 2 aromatic rings. The van der Waals surface area contributed by atoms with Crippen LogP contribution in [0.4, 0.5) is 10.6 Å². The Kier molecular flexibility index (Phi) is 9.48. The quantitative estimate of drug-likeness (QED) is 0.488. The number of amides is 1. The van der Waals surface area contributed by atoms with Gasteiger partial charge < -0.3 is 24.2 Å². The summed E-state index contributed by atoms with van der Waals surface area (Å²) in [5, 5.41) is 9.56. The Morgan fingerprint density at radius 3 is 2.60 bits per heavy atom. The Labute approximate surface area is 238 Å². The molecule has 0 aliphatic carbocycles. The van der Waals surface area contributed by atoms with Crippen molar-refractivity contribution in [3.05, 3.63) is 47.2 Å². The highest BCUT2D eigenvalue weighted by molar-refractivity contribution is 5.69. The normalized spacial score (nSPS) is 18.7. The molecule has 1 aromatic heterocycles. The molecule has 10 heteroatoms. The van der Waals surface area contributed by atoms with E-state index in [2.05, 4.69) is 45.0 Å². The molecular formula is C30H43N7O3. The Morgan fingerprint density at radius 2 is 1.93 bits per heavy atom. The molecule has 0 spiro atoms. The van der Waals surface area contributed by atoms with E-state index >= 15 is 0 Å². The summed E-state index contributed by atoms with van der Waals surface area (Å²) in [6.45, 7) is 12.3. The van der Waals surface area contributed by atoms with E-state index in [0.717, 1.165) is 43.1 Å². The maximum absolute atomic E-state index is 12.9. The minimum atomic E-state index is -0.599. The molecular weight excluding hydrogens is 506 g/mol. The number of rotatable bonds is 8. The summed E-state index contributed by atoms with van der Waals surface area (Å²) in [5.41, 5.74) is 2.77. The first-order valence-corrected chi connectivity index (χ1v) is 14.1. The summed E-state index contributed by atoms with van der Waals surface area (Å²) in [5.74, 6) is 0.850. The lowest BCUT2D eigenvalue weighted by Gasteiger charge is -2.42. The molecule has 0 N–H and O–H groups in total. The molecule has 1 aromatic carbocycles. The van der Waals surface area contributed by atoms with Gasteiger partial charge in [0, 0.05) is 51.4 Å². The molecule has 0 bridgehead atoms. The molecule has 2 unspecified atom stereocenters. The predicted molar refractivity (Wildman–Crippen MR) is 154 cm³/mol. The fraction of sp³-hybridized carbons (Fsp3) is 0.600. The van der Waals surface area contributed by atoms with Crippen molar-refractivity contribution in [1.29, 1.82) is 5.26 Å². The Hall–Kier alpha value is -3.42. The number of carbonyl (C=O) groups excluding carboxylic acids is 1. The molecule has 2 aliphatic heterocycles. The summed E-state index contributed by atoms with van der Waals surface area (Å²) in [6.07, 6.45) is 0.576. The standard InChI is InChI=1S/C30H43N7O3/c1-22(18-34(5)6)39-28-32-26-21-35(19-23-10-8-7-9-11-23)15-13-25(26)27(33-28)36-16-17-37(24(20-36)12-14-31)29(38)40-30(2,3)4/h7-11,22,24H,12-13,15-21H2,1-6H3. The number of hydrogen-bond donors (Lipinski definition) is 0. The van der Waals surface area contributed by atoms with Gasteiger partial charge in [-0.15, -0.1) is 0 Å². The molecule has 0 saturated carbocycles. The van der Waals surface area contributed by atoms with Crippen LogP contribution in [0.3, 0.4) is 0 Å². The van der Waals surface area contributed by atoms with E-state index < -0.39 is 5.60 Å². The minimum absolute atomic E-state index is 0.0831. The highest BCUT2D eigenvalue weighted by Crippen LogP contribution is 2.31. The Morgan fingerprint density at radius 1 is 1.18 bits per heavy atom. The van der Waals surface area contributed by atoms with Crippen LogP contribution >= 0.6 is 0 Å². The number of likely N-dealkylation sites (N-methyl/N-ethyl adjacent to an activating group) is 1. The molecule has 3 heterocycles. The van der Waals surface area contributed by atoms with E-state index in [1.165, 1.54) is 5.56 Å². The average molecular weight is 550 g/mol. The number of carbonyl (C=O) groups is 1. The summed E-state index contributed by atoms with van der Waals surface area (Å²) < 4.78 is 11.9. The van der Waals surface area contributed by atoms with E-state index in [1.807, 2.05) is 47.9 Å². The zero-order valence-electron chi connectivity index (χ0n) is 24.8. The number of hydrogen-bond acceptors (Lipinski definition) is 9. The van der Waals surface area contributed by atoms with Gasteiger partial charge in [0.1, 0.15) is 17.5 Å². The number of nitrogens with zero attached hydrogens (tertiary/aromatic N) is 7. The third kappa shape index (κ3) is 7.83. The third-order valence-electron chi connectivity index (χ3n) is 7.02. The first-order valence-electron chi connectivity index (χ1n) is 14.1. The molecule has 1 fully saturated rings. The van der Waals surface area contributed by atoms with Crippen molar-refractivity contribution in [2.45, 2.75) is 71.4 Å². The second kappa shape index (κ2) is 12.8. The lowest BCUT2D eigenvalue weighted by molar-refractivity contribution is 0.0144. The van der Waals surface area contributed by atoms with Gasteiger partial charge in [0.15, 0.2) is 0 Å². The van der Waals surface area contributed by atoms with Gasteiger partial charge in [0.25, 0.3) is 0 Å². The van der Waals surface area contributed by atoms with E-state index in [4.69, 9.17) is 19.4 Å². The number of anilines is 1. The predicted octanol–water partition coefficient (Wildman–Crippen LogP) is 3.70. The highest BCUT2D eigenvalue weighted by atomic mass is 16.6. The summed E-state index contributed by atoms with van der Waals surface area (Å²) in [7, 11) is 4.03. The molecule has 4 rings (SSSR count). The van der Waals surface area contributed by atoms with Crippen LogP contribution in [0, 0.1) is 11.3 Å². The number of benzene rings is 1. The third-order valence-corrected chi connectivity index (χ3v) is 7.02. The van der Waals surface area contributed by atoms with Crippen molar-refractivity contribution in [2.75, 3.05) is 51.7 Å². The van der Waals surface area contributed by atoms with Crippen molar-refractivity contribution in [2.24, 2.45) is 0 Å². The topological polar surface area (TPSA) is 98.1 Å². The monoisotopic (exact) mass is 549 g/mol. The summed E-state index contributed by atoms with van der Waals surface area (Å²) in [4.78, 5) is 31.1. The van der Waals surface area contributed by atoms with Crippen molar-refractivity contribution >= 4 is 11.9 Å². The van der Waals surface area contributed by atoms with Crippen molar-refractivity contribution < 1.29 is 14.3 Å². The largest absolute Gasteiger partial charge is 0.459 e. The maximum Gasteiger partial charge on any atom is 0.410 e. The van der Waals surface area contributed by atoms with Gasteiger partial charge in [-0.1, -0.05) is 30.3 Å². The number of fused-ring (bicyclic) bond motifs is 1. The van der Waals surface area contributed by atoms with E-state index in [9.17, 15) is 10.1 Å². The van der Waals surface area contributed by atoms with Crippen molar-refractivity contribution in [1.82, 2.24) is 24.7 Å². The van der Waals surface area contributed by atoms with E-state index in [-0.39, 0.29) is 24.7 Å². The zero-order chi connectivity index (χ0) is 28.9. The van der Waals surface area contributed by atoms with Gasteiger partial charge in [-0.2, -0.15) is 15.2 Å².